The highest BCUT2D eigenvalue weighted by atomic mass is 16.5. The van der Waals surface area contributed by atoms with E-state index in [0.29, 0.717) is 0 Å². The molecular weight excluding hydrogens is 248 g/mol. The van der Waals surface area contributed by atoms with Gasteiger partial charge in [-0.25, -0.2) is 0 Å². The van der Waals surface area contributed by atoms with Crippen molar-refractivity contribution in [3.05, 3.63) is 29.3 Å². The fourth-order valence-electron chi connectivity index (χ4n) is 3.51. The van der Waals surface area contributed by atoms with E-state index in [0.717, 1.165) is 37.7 Å². The SMILES string of the molecule is NCCC1CCCN(CCc2ccc3c(c2)CCO3)C1. The van der Waals surface area contributed by atoms with Gasteiger partial charge in [0.2, 0.25) is 0 Å². The molecule has 2 aliphatic rings. The number of nitrogens with zero attached hydrogens (tertiary/aromatic N) is 1. The van der Waals surface area contributed by atoms with Crippen LogP contribution in [-0.2, 0) is 12.8 Å². The fraction of sp³-hybridized carbons (Fsp3) is 0.647. The summed E-state index contributed by atoms with van der Waals surface area (Å²) >= 11 is 0. The number of piperidine rings is 1. The van der Waals surface area contributed by atoms with Gasteiger partial charge in [0, 0.05) is 19.5 Å². The Morgan fingerprint density at radius 1 is 1.35 bits per heavy atom. The summed E-state index contributed by atoms with van der Waals surface area (Å²) in [4.78, 5) is 2.62. The minimum atomic E-state index is 0.821. The average Bonchev–Trinajstić information content (AvgIpc) is 2.93. The zero-order chi connectivity index (χ0) is 13.8. The highest BCUT2D eigenvalue weighted by Crippen LogP contribution is 2.26. The van der Waals surface area contributed by atoms with E-state index < -0.39 is 0 Å². The van der Waals surface area contributed by atoms with Crippen molar-refractivity contribution in [2.24, 2.45) is 11.7 Å². The third-order valence-corrected chi connectivity index (χ3v) is 4.65. The Bertz CT molecular complexity index is 445. The van der Waals surface area contributed by atoms with Gasteiger partial charge in [-0.15, -0.1) is 0 Å². The van der Waals surface area contributed by atoms with E-state index in [1.807, 2.05) is 0 Å². The normalized spacial score (nSPS) is 22.6. The van der Waals surface area contributed by atoms with E-state index >= 15 is 0 Å². The second kappa shape index (κ2) is 6.59. The lowest BCUT2D eigenvalue weighted by Gasteiger charge is -2.32. The molecule has 3 rings (SSSR count). The molecule has 1 saturated heterocycles. The summed E-state index contributed by atoms with van der Waals surface area (Å²) in [5.74, 6) is 1.91. The first-order valence-electron chi connectivity index (χ1n) is 8.02. The van der Waals surface area contributed by atoms with Crippen molar-refractivity contribution in [2.45, 2.75) is 32.1 Å². The molecular formula is C17H26N2O. The minimum absolute atomic E-state index is 0.821. The van der Waals surface area contributed by atoms with Crippen LogP contribution in [-0.4, -0.2) is 37.7 Å². The predicted molar refractivity (Wildman–Crippen MR) is 82.2 cm³/mol. The van der Waals surface area contributed by atoms with Crippen LogP contribution in [0.2, 0.25) is 0 Å². The third kappa shape index (κ3) is 3.33. The molecule has 1 aromatic carbocycles. The molecule has 0 bridgehead atoms. The lowest BCUT2D eigenvalue weighted by Crippen LogP contribution is -2.37. The second-order valence-electron chi connectivity index (χ2n) is 6.18. The first kappa shape index (κ1) is 13.9. The van der Waals surface area contributed by atoms with Crippen molar-refractivity contribution < 1.29 is 4.74 Å². The van der Waals surface area contributed by atoms with Gasteiger partial charge in [0.05, 0.1) is 6.61 Å². The molecule has 2 N–H and O–H groups in total. The standard InChI is InChI=1S/C17H26N2O/c18-8-5-15-2-1-9-19(13-15)10-6-14-3-4-17-16(12-14)7-11-20-17/h3-4,12,15H,1-2,5-11,13,18H2. The molecule has 0 radical (unpaired) electrons. The highest BCUT2D eigenvalue weighted by molar-refractivity contribution is 5.39. The van der Waals surface area contributed by atoms with E-state index in [-0.39, 0.29) is 0 Å². The van der Waals surface area contributed by atoms with Gasteiger partial charge in [-0.3, -0.25) is 0 Å². The molecule has 2 aliphatic heterocycles. The quantitative estimate of drug-likeness (QED) is 0.895. The van der Waals surface area contributed by atoms with Gasteiger partial charge in [0.1, 0.15) is 5.75 Å². The summed E-state index contributed by atoms with van der Waals surface area (Å²) < 4.78 is 5.57. The van der Waals surface area contributed by atoms with Crippen LogP contribution in [0, 0.1) is 5.92 Å². The lowest BCUT2D eigenvalue weighted by molar-refractivity contribution is 0.172. The van der Waals surface area contributed by atoms with Crippen LogP contribution in [0.4, 0.5) is 0 Å². The molecule has 20 heavy (non-hydrogen) atoms. The minimum Gasteiger partial charge on any atom is -0.493 e. The summed E-state index contributed by atoms with van der Waals surface area (Å²) in [7, 11) is 0. The van der Waals surface area contributed by atoms with Gasteiger partial charge < -0.3 is 15.4 Å². The molecule has 1 atom stereocenters. The Kier molecular flexibility index (Phi) is 4.58. The van der Waals surface area contributed by atoms with E-state index in [9.17, 15) is 0 Å². The monoisotopic (exact) mass is 274 g/mol. The summed E-state index contributed by atoms with van der Waals surface area (Å²) in [6.07, 6.45) is 6.12. The van der Waals surface area contributed by atoms with Crippen LogP contribution in [0.1, 0.15) is 30.4 Å². The smallest absolute Gasteiger partial charge is 0.122 e. The molecule has 1 unspecified atom stereocenters. The molecule has 3 nitrogen and oxygen atoms in total. The zero-order valence-electron chi connectivity index (χ0n) is 12.3. The predicted octanol–water partition coefficient (Wildman–Crippen LogP) is 2.22. The van der Waals surface area contributed by atoms with Crippen LogP contribution in [0.5, 0.6) is 5.75 Å². The van der Waals surface area contributed by atoms with Crippen molar-refractivity contribution in [2.75, 3.05) is 32.8 Å². The summed E-state index contributed by atoms with van der Waals surface area (Å²) in [5, 5.41) is 0. The number of hydrogen-bond acceptors (Lipinski definition) is 3. The van der Waals surface area contributed by atoms with Gasteiger partial charge in [-0.1, -0.05) is 12.1 Å². The first-order chi connectivity index (χ1) is 9.85. The summed E-state index contributed by atoms with van der Waals surface area (Å²) in [5.41, 5.74) is 8.54. The molecule has 3 heteroatoms. The lowest BCUT2D eigenvalue weighted by atomic mass is 9.94. The molecule has 0 aliphatic carbocycles. The van der Waals surface area contributed by atoms with E-state index in [2.05, 4.69) is 23.1 Å². The average molecular weight is 274 g/mol. The largest absolute Gasteiger partial charge is 0.493 e. The molecule has 2 heterocycles. The molecule has 0 aromatic heterocycles. The third-order valence-electron chi connectivity index (χ3n) is 4.65. The number of hydrogen-bond donors (Lipinski definition) is 1. The van der Waals surface area contributed by atoms with Gasteiger partial charge in [-0.2, -0.15) is 0 Å². The van der Waals surface area contributed by atoms with Crippen LogP contribution < -0.4 is 10.5 Å². The Labute approximate surface area is 122 Å². The van der Waals surface area contributed by atoms with Crippen molar-refractivity contribution in [1.82, 2.24) is 4.90 Å². The first-order valence-corrected chi connectivity index (χ1v) is 8.02. The molecule has 1 aromatic rings. The summed E-state index contributed by atoms with van der Waals surface area (Å²) in [6, 6.07) is 6.71. The van der Waals surface area contributed by atoms with Gasteiger partial charge in [0.15, 0.2) is 0 Å². The number of rotatable bonds is 5. The van der Waals surface area contributed by atoms with Crippen molar-refractivity contribution in [1.29, 1.82) is 0 Å². The second-order valence-corrected chi connectivity index (χ2v) is 6.18. The Morgan fingerprint density at radius 3 is 3.20 bits per heavy atom. The number of benzene rings is 1. The van der Waals surface area contributed by atoms with Crippen LogP contribution in [0.25, 0.3) is 0 Å². The number of ether oxygens (including phenoxy) is 1. The fourth-order valence-corrected chi connectivity index (χ4v) is 3.51. The molecule has 0 spiro atoms. The van der Waals surface area contributed by atoms with E-state index in [4.69, 9.17) is 10.5 Å². The maximum Gasteiger partial charge on any atom is 0.122 e. The van der Waals surface area contributed by atoms with Crippen LogP contribution >= 0.6 is 0 Å². The highest BCUT2D eigenvalue weighted by Gasteiger charge is 2.19. The van der Waals surface area contributed by atoms with Crippen LogP contribution in [0.3, 0.4) is 0 Å². The summed E-state index contributed by atoms with van der Waals surface area (Å²) in [6.45, 7) is 5.37. The van der Waals surface area contributed by atoms with Crippen molar-refractivity contribution in [3.63, 3.8) is 0 Å². The maximum atomic E-state index is 5.69. The Balaban J connectivity index is 1.51. The van der Waals surface area contributed by atoms with Crippen molar-refractivity contribution >= 4 is 0 Å². The van der Waals surface area contributed by atoms with Crippen molar-refractivity contribution in [3.8, 4) is 5.75 Å². The molecule has 110 valence electrons. The topological polar surface area (TPSA) is 38.5 Å². The maximum absolute atomic E-state index is 5.69. The van der Waals surface area contributed by atoms with Gasteiger partial charge >= 0.3 is 0 Å². The van der Waals surface area contributed by atoms with Crippen LogP contribution in [0.15, 0.2) is 18.2 Å². The Morgan fingerprint density at radius 2 is 2.30 bits per heavy atom. The molecule has 1 fully saturated rings. The van der Waals surface area contributed by atoms with E-state index in [1.165, 1.54) is 50.0 Å². The molecule has 0 amide bonds. The zero-order valence-corrected chi connectivity index (χ0v) is 12.3. The molecule has 0 saturated carbocycles. The number of nitrogens with two attached hydrogens (primary N) is 1. The number of likely N-dealkylation sites (tertiary alicyclic amines) is 1. The number of fused-ring (bicyclic) bond motifs is 1. The Hall–Kier alpha value is -1.06. The van der Waals surface area contributed by atoms with Gasteiger partial charge in [0.25, 0.3) is 0 Å². The van der Waals surface area contributed by atoms with E-state index in [1.54, 1.807) is 0 Å². The van der Waals surface area contributed by atoms with Gasteiger partial charge in [-0.05, 0) is 61.9 Å².